The van der Waals surface area contributed by atoms with E-state index in [1.165, 1.54) is 0 Å². The summed E-state index contributed by atoms with van der Waals surface area (Å²) in [5, 5.41) is 2.60. The molecule has 0 aliphatic carbocycles. The number of nitrogens with two attached hydrogens (primary N) is 1. The van der Waals surface area contributed by atoms with E-state index in [2.05, 4.69) is 10.3 Å². The Hall–Kier alpha value is -3.20. The zero-order chi connectivity index (χ0) is 21.9. The van der Waals surface area contributed by atoms with Crippen LogP contribution in [0.5, 0.6) is 5.75 Å². The van der Waals surface area contributed by atoms with Crippen LogP contribution in [0.4, 0.5) is 10.5 Å². The first-order valence-electron chi connectivity index (χ1n) is 9.11. The fraction of sp³-hybridized carbons (Fsp3) is 0.286. The van der Waals surface area contributed by atoms with Crippen molar-refractivity contribution in [3.8, 4) is 5.75 Å². The lowest BCUT2D eigenvalue weighted by Gasteiger charge is -2.10. The van der Waals surface area contributed by atoms with E-state index in [1.54, 1.807) is 7.11 Å². The topological polar surface area (TPSA) is 112 Å². The van der Waals surface area contributed by atoms with Gasteiger partial charge in [-0.15, -0.1) is 0 Å². The lowest BCUT2D eigenvalue weighted by atomic mass is 10.1. The first kappa shape index (κ1) is 23.1. The molecule has 0 fully saturated rings. The second-order valence-electron chi connectivity index (χ2n) is 6.25. The number of aliphatic imine (C=N–C) groups is 1. The Kier molecular flexibility index (Phi) is 9.02. The quantitative estimate of drug-likeness (QED) is 0.285. The number of esters is 1. The van der Waals surface area contributed by atoms with Crippen LogP contribution in [0.15, 0.2) is 47.5 Å². The van der Waals surface area contributed by atoms with Crippen LogP contribution < -0.4 is 15.8 Å². The fourth-order valence-corrected chi connectivity index (χ4v) is 2.94. The van der Waals surface area contributed by atoms with Crippen molar-refractivity contribution < 1.29 is 23.8 Å². The number of hydrogen-bond acceptors (Lipinski definition) is 7. The number of thioether (sulfide) groups is 1. The first-order valence-corrected chi connectivity index (χ1v) is 10.1. The number of rotatable bonds is 8. The fourth-order valence-electron chi connectivity index (χ4n) is 2.48. The highest BCUT2D eigenvalue weighted by molar-refractivity contribution is 8.13. The van der Waals surface area contributed by atoms with Crippen LogP contribution in [-0.2, 0) is 20.9 Å². The molecular weight excluding hydrogens is 406 g/mol. The number of amides is 1. The van der Waals surface area contributed by atoms with Crippen molar-refractivity contribution in [2.75, 3.05) is 19.6 Å². The van der Waals surface area contributed by atoms with Gasteiger partial charge in [-0.3, -0.25) is 4.79 Å². The molecule has 30 heavy (non-hydrogen) atoms. The van der Waals surface area contributed by atoms with E-state index in [9.17, 15) is 9.59 Å². The molecule has 0 atom stereocenters. The van der Waals surface area contributed by atoms with Crippen LogP contribution in [0.3, 0.4) is 0 Å². The summed E-state index contributed by atoms with van der Waals surface area (Å²) >= 11 is 1.08. The molecule has 0 aliphatic rings. The average molecular weight is 432 g/mol. The minimum atomic E-state index is -0.699. The second kappa shape index (κ2) is 11.7. The number of carbonyl (C=O) groups excluding carboxylic acids is 2. The molecule has 0 bridgehead atoms. The molecule has 0 aromatic heterocycles. The molecule has 0 saturated heterocycles. The highest BCUT2D eigenvalue weighted by Gasteiger charge is 2.09. The van der Waals surface area contributed by atoms with Gasteiger partial charge in [-0.2, -0.15) is 0 Å². The van der Waals surface area contributed by atoms with Crippen molar-refractivity contribution in [2.45, 2.75) is 20.5 Å². The van der Waals surface area contributed by atoms with Crippen LogP contribution >= 0.6 is 11.8 Å². The molecule has 8 nitrogen and oxygen atoms in total. The molecule has 1 amide bonds. The SMILES string of the molecule is COc1cc(C)c(N=C(N)SCOC(=O)CNC(=O)OCc2ccccc2)c(C)c1. The number of alkyl carbamates (subject to hydrolysis) is 1. The normalized spacial score (nSPS) is 11.0. The van der Waals surface area contributed by atoms with E-state index in [-0.39, 0.29) is 24.3 Å². The smallest absolute Gasteiger partial charge is 0.407 e. The van der Waals surface area contributed by atoms with E-state index in [0.29, 0.717) is 0 Å². The van der Waals surface area contributed by atoms with E-state index in [0.717, 1.165) is 39.9 Å². The van der Waals surface area contributed by atoms with E-state index in [4.69, 9.17) is 19.9 Å². The number of aryl methyl sites for hydroxylation is 2. The molecule has 160 valence electrons. The lowest BCUT2D eigenvalue weighted by Crippen LogP contribution is -2.31. The van der Waals surface area contributed by atoms with Gasteiger partial charge in [0.1, 0.15) is 24.8 Å². The van der Waals surface area contributed by atoms with E-state index >= 15 is 0 Å². The molecule has 0 spiro atoms. The van der Waals surface area contributed by atoms with Crippen molar-refractivity contribution in [3.63, 3.8) is 0 Å². The maximum Gasteiger partial charge on any atom is 0.407 e. The summed E-state index contributed by atoms with van der Waals surface area (Å²) in [4.78, 5) is 27.7. The summed E-state index contributed by atoms with van der Waals surface area (Å²) < 4.78 is 15.3. The van der Waals surface area contributed by atoms with Crippen LogP contribution in [0.25, 0.3) is 0 Å². The van der Waals surface area contributed by atoms with Gasteiger partial charge >= 0.3 is 12.1 Å². The van der Waals surface area contributed by atoms with Gasteiger partial charge in [0.05, 0.1) is 12.8 Å². The molecular formula is C21H25N3O5S. The van der Waals surface area contributed by atoms with Gasteiger partial charge < -0.3 is 25.3 Å². The van der Waals surface area contributed by atoms with Crippen LogP contribution in [0, 0.1) is 13.8 Å². The largest absolute Gasteiger partial charge is 0.497 e. The second-order valence-corrected chi connectivity index (χ2v) is 7.20. The van der Waals surface area contributed by atoms with Gasteiger partial charge in [0, 0.05) is 0 Å². The molecule has 2 aromatic carbocycles. The monoisotopic (exact) mass is 431 g/mol. The number of nitrogens with one attached hydrogen (secondary N) is 1. The van der Waals surface area contributed by atoms with Gasteiger partial charge in [0.2, 0.25) is 0 Å². The summed E-state index contributed by atoms with van der Waals surface area (Å²) in [5.74, 6) is 0.117. The zero-order valence-electron chi connectivity index (χ0n) is 17.1. The number of methoxy groups -OCH3 is 1. The molecule has 2 rings (SSSR count). The number of hydrogen-bond donors (Lipinski definition) is 2. The predicted molar refractivity (Wildman–Crippen MR) is 117 cm³/mol. The third-order valence-corrected chi connectivity index (χ3v) is 4.56. The molecule has 9 heteroatoms. The standard InChI is InChI=1S/C21H25N3O5S/c1-14-9-17(27-3)10-15(2)19(14)24-20(22)30-13-29-18(25)11-23-21(26)28-12-16-7-5-4-6-8-16/h4-10H,11-13H2,1-3H3,(H2,22,24)(H,23,26). The third kappa shape index (κ3) is 7.67. The summed E-state index contributed by atoms with van der Waals surface area (Å²) in [6.45, 7) is 3.64. The molecule has 0 saturated carbocycles. The van der Waals surface area contributed by atoms with E-state index in [1.807, 2.05) is 56.3 Å². The van der Waals surface area contributed by atoms with Crippen molar-refractivity contribution in [1.29, 1.82) is 0 Å². The summed E-state index contributed by atoms with van der Waals surface area (Å²) in [5.41, 5.74) is 9.36. The minimum Gasteiger partial charge on any atom is -0.497 e. The molecule has 3 N–H and O–H groups in total. The van der Waals surface area contributed by atoms with Gasteiger partial charge in [0.25, 0.3) is 0 Å². The number of carbonyl (C=O) groups is 2. The van der Waals surface area contributed by atoms with E-state index < -0.39 is 12.1 Å². The number of amidine groups is 1. The molecule has 0 heterocycles. The average Bonchev–Trinajstić information content (AvgIpc) is 2.73. The van der Waals surface area contributed by atoms with Gasteiger partial charge in [-0.1, -0.05) is 30.3 Å². The summed E-state index contributed by atoms with van der Waals surface area (Å²) in [6.07, 6.45) is -0.699. The third-order valence-electron chi connectivity index (χ3n) is 3.94. The Bertz CT molecular complexity index is 880. The molecule has 0 radical (unpaired) electrons. The first-order chi connectivity index (χ1) is 14.4. The van der Waals surface area contributed by atoms with Gasteiger partial charge in [-0.05, 0) is 54.4 Å². The van der Waals surface area contributed by atoms with Crippen molar-refractivity contribution in [1.82, 2.24) is 5.32 Å². The number of benzene rings is 2. The van der Waals surface area contributed by atoms with Gasteiger partial charge in [-0.25, -0.2) is 9.79 Å². The molecule has 2 aromatic rings. The Morgan fingerprint density at radius 2 is 1.77 bits per heavy atom. The Balaban J connectivity index is 1.71. The Morgan fingerprint density at radius 3 is 2.40 bits per heavy atom. The van der Waals surface area contributed by atoms with Crippen LogP contribution in [0.1, 0.15) is 16.7 Å². The van der Waals surface area contributed by atoms with Crippen LogP contribution in [0.2, 0.25) is 0 Å². The van der Waals surface area contributed by atoms with Crippen molar-refractivity contribution >= 4 is 34.7 Å². The number of ether oxygens (including phenoxy) is 3. The maximum atomic E-state index is 11.7. The minimum absolute atomic E-state index is 0.0246. The molecule has 0 unspecified atom stereocenters. The molecule has 0 aliphatic heterocycles. The van der Waals surface area contributed by atoms with Crippen LogP contribution in [-0.4, -0.2) is 36.8 Å². The number of nitrogens with zero attached hydrogens (tertiary/aromatic N) is 1. The van der Waals surface area contributed by atoms with Crippen molar-refractivity contribution in [3.05, 3.63) is 59.2 Å². The van der Waals surface area contributed by atoms with Crippen molar-refractivity contribution in [2.24, 2.45) is 10.7 Å². The predicted octanol–water partition coefficient (Wildman–Crippen LogP) is 3.42. The zero-order valence-corrected chi connectivity index (χ0v) is 18.0. The lowest BCUT2D eigenvalue weighted by molar-refractivity contribution is -0.140. The summed E-state index contributed by atoms with van der Waals surface area (Å²) in [7, 11) is 1.60. The Morgan fingerprint density at radius 1 is 1.10 bits per heavy atom. The van der Waals surface area contributed by atoms with Gasteiger partial charge in [0.15, 0.2) is 5.17 Å². The maximum absolute atomic E-state index is 11.7. The Labute approximate surface area is 179 Å². The highest BCUT2D eigenvalue weighted by atomic mass is 32.2. The summed E-state index contributed by atoms with van der Waals surface area (Å²) in [6, 6.07) is 13.0. The highest BCUT2D eigenvalue weighted by Crippen LogP contribution is 2.29.